The quantitative estimate of drug-likeness (QED) is 0.0585. The summed E-state index contributed by atoms with van der Waals surface area (Å²) >= 11 is 0. The van der Waals surface area contributed by atoms with Gasteiger partial charge in [0.05, 0.1) is 46.3 Å². The number of hydrogen-bond donors (Lipinski definition) is 9. The first-order chi connectivity index (χ1) is 31.0. The summed E-state index contributed by atoms with van der Waals surface area (Å²) in [4.78, 5) is 104. The summed E-state index contributed by atoms with van der Waals surface area (Å²) in [5, 5.41) is 45.7. The Morgan fingerprint density at radius 3 is 1.65 bits per heavy atom. The lowest BCUT2D eigenvalue weighted by atomic mass is 9.96. The SMILES string of the molecule is COc1cc(CC(=O)N[C@@H](CC(C)C)[C@@H](O)CC(=O)N[C@H](C(=O)N[C@H](C(=O)N[C@@H](C)C(=O)N[C@@H](CCC(=O)O)C(=O)N[C@@H](Cc2ccccc2)C(=O)O)C(C)C)C(C)C)cc(OC)c1OC. The van der Waals surface area contributed by atoms with E-state index in [0.29, 0.717) is 34.8 Å². The van der Waals surface area contributed by atoms with Crippen molar-refractivity contribution in [1.29, 1.82) is 0 Å². The van der Waals surface area contributed by atoms with Crippen LogP contribution in [0.1, 0.15) is 85.3 Å². The molecule has 0 aliphatic carbocycles. The maximum Gasteiger partial charge on any atom is 0.326 e. The zero-order valence-corrected chi connectivity index (χ0v) is 39.4. The van der Waals surface area contributed by atoms with Crippen molar-refractivity contribution < 1.29 is 67.9 Å². The normalized spacial score (nSPS) is 14.3. The van der Waals surface area contributed by atoms with Crippen LogP contribution < -0.4 is 46.1 Å². The van der Waals surface area contributed by atoms with Crippen LogP contribution in [-0.2, 0) is 51.2 Å². The predicted molar refractivity (Wildman–Crippen MR) is 241 cm³/mol. The smallest absolute Gasteiger partial charge is 0.326 e. The Kier molecular flexibility index (Phi) is 22.9. The summed E-state index contributed by atoms with van der Waals surface area (Å²) < 4.78 is 16.1. The van der Waals surface area contributed by atoms with Gasteiger partial charge in [-0.15, -0.1) is 0 Å². The molecule has 7 atom stereocenters. The van der Waals surface area contributed by atoms with Crippen molar-refractivity contribution in [2.75, 3.05) is 21.3 Å². The van der Waals surface area contributed by atoms with Gasteiger partial charge in [-0.05, 0) is 60.8 Å². The molecule has 20 heteroatoms. The number of rotatable bonds is 28. The fourth-order valence-corrected chi connectivity index (χ4v) is 6.90. The predicted octanol–water partition coefficient (Wildman–Crippen LogP) is 1.48. The lowest BCUT2D eigenvalue weighted by molar-refractivity contribution is -0.143. The average Bonchev–Trinajstić information content (AvgIpc) is 3.24. The van der Waals surface area contributed by atoms with E-state index in [1.165, 1.54) is 28.3 Å². The topological polar surface area (TPSA) is 297 Å². The first kappa shape index (κ1) is 55.7. The Balaban J connectivity index is 2.13. The monoisotopic (exact) mass is 928 g/mol. The van der Waals surface area contributed by atoms with Gasteiger partial charge in [-0.25, -0.2) is 4.79 Å². The molecule has 0 unspecified atom stereocenters. The summed E-state index contributed by atoms with van der Waals surface area (Å²) in [6, 6.07) is 4.29. The van der Waals surface area contributed by atoms with Gasteiger partial charge in [0.2, 0.25) is 41.2 Å². The van der Waals surface area contributed by atoms with Crippen molar-refractivity contribution in [3.8, 4) is 17.2 Å². The van der Waals surface area contributed by atoms with Crippen LogP contribution in [0.5, 0.6) is 17.2 Å². The summed E-state index contributed by atoms with van der Waals surface area (Å²) in [5.41, 5.74) is 1.16. The van der Waals surface area contributed by atoms with Crippen LogP contribution in [0.4, 0.5) is 0 Å². The molecule has 0 aromatic heterocycles. The molecule has 66 heavy (non-hydrogen) atoms. The van der Waals surface area contributed by atoms with Gasteiger partial charge in [0.15, 0.2) is 11.5 Å². The third kappa shape index (κ3) is 18.2. The Hall–Kier alpha value is -6.44. The molecule has 0 heterocycles. The van der Waals surface area contributed by atoms with E-state index < -0.39 is 114 Å². The number of carboxylic acid groups (broad SMARTS) is 2. The molecule has 6 amide bonds. The maximum atomic E-state index is 13.7. The van der Waals surface area contributed by atoms with Crippen LogP contribution in [0.3, 0.4) is 0 Å². The third-order valence-corrected chi connectivity index (χ3v) is 10.5. The number of benzene rings is 2. The summed E-state index contributed by atoms with van der Waals surface area (Å²) in [6.07, 6.45) is -2.64. The highest BCUT2D eigenvalue weighted by Crippen LogP contribution is 2.38. The molecule has 0 spiro atoms. The van der Waals surface area contributed by atoms with Crippen molar-refractivity contribution in [2.45, 2.75) is 129 Å². The molecule has 2 aromatic carbocycles. The van der Waals surface area contributed by atoms with E-state index in [4.69, 9.17) is 14.2 Å². The number of carbonyl (C=O) groups excluding carboxylic acids is 6. The Morgan fingerprint density at radius 2 is 1.15 bits per heavy atom. The third-order valence-electron chi connectivity index (χ3n) is 10.5. The van der Waals surface area contributed by atoms with E-state index in [-0.39, 0.29) is 25.2 Å². The molecular formula is C46H68N6O14. The maximum absolute atomic E-state index is 13.7. The number of amides is 6. The molecule has 366 valence electrons. The zero-order valence-electron chi connectivity index (χ0n) is 39.4. The standard InChI is InChI=1S/C46H68N6O14/c1-24(2)18-31(48-36(54)22-29-20-34(64-8)41(66-10)35(21-29)65-9)33(53)23-37(55)51-39(25(3)4)45(61)52-40(26(5)6)44(60)47-27(7)42(58)49-30(16-17-38(56)57)43(59)50-32(46(62)63)19-28-14-12-11-13-15-28/h11-15,20-21,24-27,30-33,39-40,53H,16-19,22-23H2,1-10H3,(H,47,60)(H,48,54)(H,49,58)(H,50,59)(H,51,55)(H,52,61)(H,56,57)(H,62,63)/t27-,30-,31-,32-,33-,39-,40-/m0/s1. The van der Waals surface area contributed by atoms with Gasteiger partial charge >= 0.3 is 11.9 Å². The van der Waals surface area contributed by atoms with Crippen LogP contribution in [-0.4, -0.2) is 126 Å². The lowest BCUT2D eigenvalue weighted by Crippen LogP contribution is -2.60. The Labute approximate surface area is 385 Å². The van der Waals surface area contributed by atoms with Gasteiger partial charge in [-0.2, -0.15) is 0 Å². The lowest BCUT2D eigenvalue weighted by Gasteiger charge is -2.29. The second kappa shape index (κ2) is 27.1. The second-order valence-corrected chi connectivity index (χ2v) is 17.1. The zero-order chi connectivity index (χ0) is 49.8. The van der Waals surface area contributed by atoms with E-state index >= 15 is 0 Å². The number of carbonyl (C=O) groups is 8. The number of aliphatic hydroxyl groups excluding tert-OH is 1. The van der Waals surface area contributed by atoms with Crippen molar-refractivity contribution >= 4 is 47.4 Å². The number of aliphatic carboxylic acids is 2. The number of methoxy groups -OCH3 is 3. The van der Waals surface area contributed by atoms with Gasteiger partial charge in [-0.1, -0.05) is 71.9 Å². The molecule has 0 aliphatic heterocycles. The van der Waals surface area contributed by atoms with Crippen molar-refractivity contribution in [1.82, 2.24) is 31.9 Å². The molecule has 9 N–H and O–H groups in total. The molecule has 2 aromatic rings. The number of hydrogen-bond acceptors (Lipinski definition) is 12. The first-order valence-corrected chi connectivity index (χ1v) is 21.8. The minimum absolute atomic E-state index is 0.0101. The Morgan fingerprint density at radius 1 is 0.606 bits per heavy atom. The molecule has 0 saturated heterocycles. The number of ether oxygens (including phenoxy) is 3. The van der Waals surface area contributed by atoms with Gasteiger partial charge < -0.3 is 61.4 Å². The second-order valence-electron chi connectivity index (χ2n) is 17.1. The number of carboxylic acids is 2. The Bertz CT molecular complexity index is 1950. The number of nitrogens with one attached hydrogen (secondary N) is 6. The van der Waals surface area contributed by atoms with Gasteiger partial charge in [0.1, 0.15) is 30.2 Å². The fourth-order valence-electron chi connectivity index (χ4n) is 6.90. The summed E-state index contributed by atoms with van der Waals surface area (Å²) in [7, 11) is 4.36. The van der Waals surface area contributed by atoms with Crippen LogP contribution in [0.2, 0.25) is 0 Å². The van der Waals surface area contributed by atoms with Gasteiger partial charge in [-0.3, -0.25) is 33.6 Å². The van der Waals surface area contributed by atoms with E-state index in [0.717, 1.165) is 0 Å². The molecule has 20 nitrogen and oxygen atoms in total. The fraction of sp³-hybridized carbons (Fsp3) is 0.565. The van der Waals surface area contributed by atoms with Crippen LogP contribution in [0.25, 0.3) is 0 Å². The average molecular weight is 929 g/mol. The molecule has 0 fully saturated rings. The minimum atomic E-state index is -1.48. The molecule has 0 bridgehead atoms. The number of aliphatic hydroxyl groups is 1. The highest BCUT2D eigenvalue weighted by molar-refractivity contribution is 5.96. The molecule has 0 saturated carbocycles. The summed E-state index contributed by atoms with van der Waals surface area (Å²) in [6.45, 7) is 11.7. The minimum Gasteiger partial charge on any atom is -0.493 e. The van der Waals surface area contributed by atoms with Gasteiger partial charge in [0.25, 0.3) is 0 Å². The summed E-state index contributed by atoms with van der Waals surface area (Å²) in [5.74, 6) is -7.08. The highest BCUT2D eigenvalue weighted by Gasteiger charge is 2.34. The van der Waals surface area contributed by atoms with E-state index in [1.54, 1.807) is 70.2 Å². The van der Waals surface area contributed by atoms with Gasteiger partial charge in [0, 0.05) is 12.8 Å². The highest BCUT2D eigenvalue weighted by atomic mass is 16.5. The first-order valence-electron chi connectivity index (χ1n) is 21.8. The van der Waals surface area contributed by atoms with Crippen LogP contribution in [0.15, 0.2) is 42.5 Å². The molecule has 2 rings (SSSR count). The molecule has 0 radical (unpaired) electrons. The van der Waals surface area contributed by atoms with E-state index in [1.807, 2.05) is 13.8 Å². The van der Waals surface area contributed by atoms with E-state index in [2.05, 4.69) is 31.9 Å². The molecular weight excluding hydrogens is 861 g/mol. The molecule has 0 aliphatic rings. The largest absolute Gasteiger partial charge is 0.493 e. The van der Waals surface area contributed by atoms with Crippen molar-refractivity contribution in [3.63, 3.8) is 0 Å². The van der Waals surface area contributed by atoms with Crippen molar-refractivity contribution in [2.24, 2.45) is 17.8 Å². The van der Waals surface area contributed by atoms with Crippen LogP contribution >= 0.6 is 0 Å². The van der Waals surface area contributed by atoms with Crippen LogP contribution in [0, 0.1) is 17.8 Å². The van der Waals surface area contributed by atoms with E-state index in [9.17, 15) is 53.7 Å². The van der Waals surface area contributed by atoms with Crippen molar-refractivity contribution in [3.05, 3.63) is 53.6 Å².